The summed E-state index contributed by atoms with van der Waals surface area (Å²) in [5, 5.41) is 14.9. The van der Waals surface area contributed by atoms with Crippen LogP contribution in [0.5, 0.6) is 5.75 Å². The zero-order chi connectivity index (χ0) is 31.9. The molecule has 14 heteroatoms. The first-order valence-corrected chi connectivity index (χ1v) is 15.5. The van der Waals surface area contributed by atoms with Crippen molar-refractivity contribution in [2.45, 2.75) is 44.7 Å². The Hall–Kier alpha value is -3.87. The van der Waals surface area contributed by atoms with Crippen LogP contribution >= 0.6 is 23.2 Å². The lowest BCUT2D eigenvalue weighted by Crippen LogP contribution is -2.52. The molecule has 0 radical (unpaired) electrons. The molecule has 0 aliphatic carbocycles. The Balaban J connectivity index is 2.20. The lowest BCUT2D eigenvalue weighted by Gasteiger charge is -2.33. The number of carbonyl (C=O) groups is 2. The Morgan fingerprint density at radius 3 is 2.37 bits per heavy atom. The number of methoxy groups -OCH3 is 1. The minimum absolute atomic E-state index is 0.0738. The van der Waals surface area contributed by atoms with Gasteiger partial charge in [0.1, 0.15) is 18.3 Å². The second-order valence-corrected chi connectivity index (χ2v) is 12.2. The van der Waals surface area contributed by atoms with Crippen LogP contribution in [-0.2, 0) is 26.2 Å². The lowest BCUT2D eigenvalue weighted by atomic mass is 10.1. The van der Waals surface area contributed by atoms with E-state index in [1.54, 1.807) is 38.1 Å². The fourth-order valence-corrected chi connectivity index (χ4v) is 6.27. The molecular weight excluding hydrogens is 619 g/mol. The number of nitro benzene ring substituents is 1. The topological polar surface area (TPSA) is 139 Å². The van der Waals surface area contributed by atoms with Gasteiger partial charge in [-0.1, -0.05) is 54.4 Å². The second kappa shape index (κ2) is 14.5. The summed E-state index contributed by atoms with van der Waals surface area (Å²) in [6.45, 7) is 4.38. The maximum atomic E-state index is 14.2. The van der Waals surface area contributed by atoms with E-state index in [0.717, 1.165) is 10.4 Å². The third kappa shape index (κ3) is 7.75. The van der Waals surface area contributed by atoms with Crippen molar-refractivity contribution in [1.29, 1.82) is 0 Å². The number of ether oxygens (including phenoxy) is 1. The number of hydrogen-bond acceptors (Lipinski definition) is 7. The van der Waals surface area contributed by atoms with Gasteiger partial charge in [0.05, 0.1) is 22.6 Å². The number of benzene rings is 3. The number of anilines is 1. The highest BCUT2D eigenvalue weighted by Gasteiger charge is 2.35. The van der Waals surface area contributed by atoms with E-state index in [-0.39, 0.29) is 35.0 Å². The molecule has 230 valence electrons. The molecule has 1 N–H and O–H groups in total. The Morgan fingerprint density at radius 2 is 1.77 bits per heavy atom. The minimum Gasteiger partial charge on any atom is -0.495 e. The summed E-state index contributed by atoms with van der Waals surface area (Å²) in [7, 11) is -3.31. The van der Waals surface area contributed by atoms with Crippen molar-refractivity contribution < 1.29 is 27.7 Å². The molecule has 0 spiro atoms. The first-order chi connectivity index (χ1) is 20.3. The minimum atomic E-state index is -4.63. The van der Waals surface area contributed by atoms with E-state index in [1.165, 1.54) is 49.3 Å². The number of nitro groups is 1. The van der Waals surface area contributed by atoms with Crippen molar-refractivity contribution in [3.05, 3.63) is 92.0 Å². The van der Waals surface area contributed by atoms with Crippen molar-refractivity contribution in [1.82, 2.24) is 10.2 Å². The highest BCUT2D eigenvalue weighted by atomic mass is 35.5. The first-order valence-electron chi connectivity index (χ1n) is 13.3. The van der Waals surface area contributed by atoms with Crippen LogP contribution in [0.2, 0.25) is 10.0 Å². The fourth-order valence-electron chi connectivity index (χ4n) is 4.47. The van der Waals surface area contributed by atoms with Crippen LogP contribution in [-0.4, -0.2) is 56.3 Å². The van der Waals surface area contributed by atoms with Crippen LogP contribution in [0, 0.1) is 17.0 Å². The van der Waals surface area contributed by atoms with Crippen LogP contribution in [0.4, 0.5) is 11.4 Å². The molecule has 0 aromatic heterocycles. The molecule has 0 saturated heterocycles. The van der Waals surface area contributed by atoms with Crippen molar-refractivity contribution in [3.63, 3.8) is 0 Å². The van der Waals surface area contributed by atoms with Gasteiger partial charge in [0.2, 0.25) is 11.8 Å². The van der Waals surface area contributed by atoms with Gasteiger partial charge in [0.15, 0.2) is 0 Å². The van der Waals surface area contributed by atoms with Gasteiger partial charge >= 0.3 is 0 Å². The number of nitrogens with one attached hydrogen (secondary N) is 1. The summed E-state index contributed by atoms with van der Waals surface area (Å²) in [5.41, 5.74) is 0.318. The quantitative estimate of drug-likeness (QED) is 0.194. The monoisotopic (exact) mass is 650 g/mol. The molecular formula is C29H32Cl2N4O7S. The molecule has 0 heterocycles. The van der Waals surface area contributed by atoms with E-state index >= 15 is 0 Å². The predicted molar refractivity (Wildman–Crippen MR) is 165 cm³/mol. The zero-order valence-corrected chi connectivity index (χ0v) is 26.4. The molecule has 2 amide bonds. The van der Waals surface area contributed by atoms with Gasteiger partial charge in [-0.15, -0.1) is 0 Å². The molecule has 3 rings (SSSR count). The summed E-state index contributed by atoms with van der Waals surface area (Å²) in [6, 6.07) is 13.5. The van der Waals surface area contributed by atoms with Crippen molar-refractivity contribution in [2.24, 2.45) is 0 Å². The van der Waals surface area contributed by atoms with E-state index in [4.69, 9.17) is 27.9 Å². The maximum absolute atomic E-state index is 14.2. The Bertz CT molecular complexity index is 1620. The third-order valence-corrected chi connectivity index (χ3v) is 9.05. The molecule has 1 atom stereocenters. The molecule has 0 saturated carbocycles. The normalized spacial score (nSPS) is 11.9. The van der Waals surface area contributed by atoms with Gasteiger partial charge < -0.3 is 15.0 Å². The number of amides is 2. The maximum Gasteiger partial charge on any atom is 0.273 e. The molecule has 3 aromatic rings. The molecule has 0 fully saturated rings. The predicted octanol–water partition coefficient (Wildman–Crippen LogP) is 5.36. The second-order valence-electron chi connectivity index (χ2n) is 9.46. The Morgan fingerprint density at radius 1 is 1.07 bits per heavy atom. The smallest absolute Gasteiger partial charge is 0.273 e. The van der Waals surface area contributed by atoms with E-state index in [9.17, 15) is 28.1 Å². The van der Waals surface area contributed by atoms with Gasteiger partial charge in [-0.05, 0) is 56.2 Å². The van der Waals surface area contributed by atoms with Gasteiger partial charge in [0.25, 0.3) is 15.7 Å². The summed E-state index contributed by atoms with van der Waals surface area (Å²) >= 11 is 12.6. The van der Waals surface area contributed by atoms with Gasteiger partial charge in [-0.3, -0.25) is 24.0 Å². The summed E-state index contributed by atoms with van der Waals surface area (Å²) in [4.78, 5) is 39.0. The molecule has 0 aliphatic rings. The Kier molecular flexibility index (Phi) is 11.4. The summed E-state index contributed by atoms with van der Waals surface area (Å²) in [6.07, 6.45) is 0.222. The van der Waals surface area contributed by atoms with E-state index in [2.05, 4.69) is 5.32 Å². The number of rotatable bonds is 13. The number of aryl methyl sites for hydroxylation is 1. The van der Waals surface area contributed by atoms with Crippen LogP contribution in [0.15, 0.2) is 65.6 Å². The van der Waals surface area contributed by atoms with Gasteiger partial charge in [-0.2, -0.15) is 0 Å². The Labute approximate surface area is 260 Å². The van der Waals surface area contributed by atoms with E-state index in [0.29, 0.717) is 17.1 Å². The van der Waals surface area contributed by atoms with Crippen LogP contribution in [0.1, 0.15) is 31.4 Å². The highest BCUT2D eigenvalue weighted by Crippen LogP contribution is 2.36. The molecule has 0 bridgehead atoms. The fraction of sp³-hybridized carbons (Fsp3) is 0.310. The molecule has 11 nitrogen and oxygen atoms in total. The number of sulfonamides is 1. The number of carbonyl (C=O) groups excluding carboxylic acids is 2. The average Bonchev–Trinajstić information content (AvgIpc) is 2.96. The number of nitrogens with zero attached hydrogens (tertiary/aromatic N) is 3. The first kappa shape index (κ1) is 33.6. The molecule has 43 heavy (non-hydrogen) atoms. The van der Waals surface area contributed by atoms with Crippen molar-refractivity contribution in [3.8, 4) is 5.75 Å². The highest BCUT2D eigenvalue weighted by molar-refractivity contribution is 7.92. The molecule has 3 aromatic carbocycles. The third-order valence-electron chi connectivity index (χ3n) is 6.69. The lowest BCUT2D eigenvalue weighted by molar-refractivity contribution is -0.385. The average molecular weight is 652 g/mol. The standard InChI is InChI=1S/C29H32Cl2N4O7S/c1-5-24(29(37)32-6-2)33(17-20-9-7-8-10-23(20)31)28(36)18-34(26-15-21(30)12-14-27(26)42-4)43(40,41)22-13-11-19(3)25(16-22)35(38)39/h7-16,24H,5-6,17-18H2,1-4H3,(H,32,37). The van der Waals surface area contributed by atoms with E-state index < -0.39 is 49.9 Å². The van der Waals surface area contributed by atoms with Crippen LogP contribution < -0.4 is 14.4 Å². The van der Waals surface area contributed by atoms with Crippen LogP contribution in [0.25, 0.3) is 0 Å². The van der Waals surface area contributed by atoms with Gasteiger partial charge in [0, 0.05) is 34.8 Å². The summed E-state index contributed by atoms with van der Waals surface area (Å²) < 4.78 is 34.5. The number of hydrogen-bond donors (Lipinski definition) is 1. The van der Waals surface area contributed by atoms with Crippen molar-refractivity contribution >= 4 is 56.4 Å². The largest absolute Gasteiger partial charge is 0.495 e. The molecule has 0 aliphatic heterocycles. The van der Waals surface area contributed by atoms with Crippen LogP contribution in [0.3, 0.4) is 0 Å². The number of likely N-dealkylation sites (N-methyl/N-ethyl adjacent to an activating group) is 1. The SMILES string of the molecule is CCNC(=O)C(CC)N(Cc1ccccc1Cl)C(=O)CN(c1cc(Cl)ccc1OC)S(=O)(=O)c1ccc(C)c([N+](=O)[O-])c1. The van der Waals surface area contributed by atoms with Crippen molar-refractivity contribution in [2.75, 3.05) is 24.5 Å². The van der Waals surface area contributed by atoms with Gasteiger partial charge in [-0.25, -0.2) is 8.42 Å². The van der Waals surface area contributed by atoms with E-state index in [1.807, 2.05) is 0 Å². The zero-order valence-electron chi connectivity index (χ0n) is 24.0. The number of halogens is 2. The molecule has 1 unspecified atom stereocenters. The summed E-state index contributed by atoms with van der Waals surface area (Å²) in [5.74, 6) is -1.07.